The molecule has 194 valence electrons. The van der Waals surface area contributed by atoms with Gasteiger partial charge in [-0.1, -0.05) is 74.7 Å². The predicted molar refractivity (Wildman–Crippen MR) is 139 cm³/mol. The summed E-state index contributed by atoms with van der Waals surface area (Å²) in [7, 11) is 0. The summed E-state index contributed by atoms with van der Waals surface area (Å²) < 4.78 is 27.9. The molecule has 0 aliphatic heterocycles. The molecule has 0 saturated heterocycles. The minimum absolute atomic E-state index is 0.101. The Bertz CT molecular complexity index is 627. The van der Waals surface area contributed by atoms with Crippen LogP contribution in [0.3, 0.4) is 0 Å². The van der Waals surface area contributed by atoms with E-state index in [1.54, 1.807) is 0 Å². The lowest BCUT2D eigenvalue weighted by Gasteiger charge is -2.53. The molecular weight excluding hydrogens is 410 g/mol. The minimum atomic E-state index is -2.42. The van der Waals surface area contributed by atoms with Crippen molar-refractivity contribution in [3.63, 3.8) is 0 Å². The summed E-state index contributed by atoms with van der Waals surface area (Å²) >= 11 is 0. The summed E-state index contributed by atoms with van der Waals surface area (Å²) in [5.74, 6) is 0.397. The van der Waals surface area contributed by atoms with Gasteiger partial charge in [0, 0.05) is 12.8 Å². The van der Waals surface area contributed by atoms with Gasteiger partial charge in [-0.2, -0.15) is 0 Å². The molecule has 2 unspecified atom stereocenters. The zero-order valence-corrected chi connectivity index (χ0v) is 23.5. The fourth-order valence-corrected chi connectivity index (χ4v) is 8.46. The van der Waals surface area contributed by atoms with Gasteiger partial charge in [-0.25, -0.2) is 8.78 Å². The Hall–Kier alpha value is -0.140. The smallest absolute Gasteiger partial charge is 0.207 e. The second kappa shape index (κ2) is 9.72. The summed E-state index contributed by atoms with van der Waals surface area (Å²) in [5, 5.41) is 0. The Labute approximate surface area is 205 Å². The first-order chi connectivity index (χ1) is 15.1. The van der Waals surface area contributed by atoms with Gasteiger partial charge in [-0.05, 0) is 103 Å². The van der Waals surface area contributed by atoms with Gasteiger partial charge in [0.05, 0.1) is 0 Å². The van der Waals surface area contributed by atoms with Crippen molar-refractivity contribution in [2.75, 3.05) is 0 Å². The van der Waals surface area contributed by atoms with E-state index < -0.39 is 5.92 Å². The van der Waals surface area contributed by atoms with Gasteiger partial charge in [-0.3, -0.25) is 0 Å². The molecule has 3 fully saturated rings. The first-order valence-electron chi connectivity index (χ1n) is 14.5. The predicted octanol–water partition coefficient (Wildman–Crippen LogP) is 10.7. The highest BCUT2D eigenvalue weighted by molar-refractivity contribution is 5.02. The monoisotopic (exact) mass is 466 g/mol. The van der Waals surface area contributed by atoms with Crippen LogP contribution in [0, 0.1) is 45.3 Å². The summed E-state index contributed by atoms with van der Waals surface area (Å²) in [5.41, 5.74) is 1.21. The second-order valence-electron chi connectivity index (χ2n) is 15.2. The van der Waals surface area contributed by atoms with Crippen LogP contribution < -0.4 is 0 Å². The molecule has 3 aliphatic carbocycles. The summed E-state index contributed by atoms with van der Waals surface area (Å²) in [6.45, 7) is 19.9. The van der Waals surface area contributed by atoms with Gasteiger partial charge in [0.15, 0.2) is 0 Å². The molecule has 0 heterocycles. The molecule has 0 amide bonds. The van der Waals surface area contributed by atoms with Crippen LogP contribution in [0.25, 0.3) is 0 Å². The Morgan fingerprint density at radius 3 is 1.61 bits per heavy atom. The maximum atomic E-state index is 13.9. The minimum Gasteiger partial charge on any atom is -0.207 e. The third kappa shape index (κ3) is 6.75. The SMILES string of the molecule is CC(C)C(C)(C)CC(C)(CC(C)(CC(C)(C)C1CCC(F)(F)CC1)C1CCCCC1)C1CC1. The van der Waals surface area contributed by atoms with E-state index in [0.29, 0.717) is 40.9 Å². The van der Waals surface area contributed by atoms with Crippen LogP contribution in [0.4, 0.5) is 8.78 Å². The molecule has 0 N–H and O–H groups in total. The zero-order valence-electron chi connectivity index (χ0n) is 23.5. The maximum absolute atomic E-state index is 13.9. The molecule has 0 aromatic rings. The fraction of sp³-hybridized carbons (Fsp3) is 1.00. The maximum Gasteiger partial charge on any atom is 0.248 e. The highest BCUT2D eigenvalue weighted by atomic mass is 19.3. The Kier molecular flexibility index (Phi) is 8.09. The molecule has 3 rings (SSSR count). The third-order valence-corrected chi connectivity index (χ3v) is 11.1. The average molecular weight is 467 g/mol. The van der Waals surface area contributed by atoms with E-state index in [-0.39, 0.29) is 18.3 Å². The second-order valence-corrected chi connectivity index (χ2v) is 15.2. The van der Waals surface area contributed by atoms with Crippen molar-refractivity contribution in [3.05, 3.63) is 0 Å². The number of alkyl halides is 2. The van der Waals surface area contributed by atoms with E-state index in [1.165, 1.54) is 64.2 Å². The highest BCUT2D eigenvalue weighted by Gasteiger charge is 2.52. The fourth-order valence-electron chi connectivity index (χ4n) is 8.46. The van der Waals surface area contributed by atoms with Crippen LogP contribution in [-0.2, 0) is 0 Å². The van der Waals surface area contributed by atoms with Crippen LogP contribution in [0.5, 0.6) is 0 Å². The van der Waals surface area contributed by atoms with Crippen LogP contribution in [0.15, 0.2) is 0 Å². The van der Waals surface area contributed by atoms with Crippen molar-refractivity contribution in [1.29, 1.82) is 0 Å². The lowest BCUT2D eigenvalue weighted by atomic mass is 9.52. The van der Waals surface area contributed by atoms with E-state index in [0.717, 1.165) is 11.8 Å². The van der Waals surface area contributed by atoms with Gasteiger partial charge in [0.25, 0.3) is 0 Å². The molecule has 0 bridgehead atoms. The van der Waals surface area contributed by atoms with Crippen LogP contribution in [-0.4, -0.2) is 5.92 Å². The van der Waals surface area contributed by atoms with E-state index in [2.05, 4.69) is 55.4 Å². The average Bonchev–Trinajstić information content (AvgIpc) is 3.53. The highest BCUT2D eigenvalue weighted by Crippen LogP contribution is 2.62. The zero-order chi connectivity index (χ0) is 24.7. The molecular formula is C31H56F2. The third-order valence-electron chi connectivity index (χ3n) is 11.1. The van der Waals surface area contributed by atoms with Crippen molar-refractivity contribution >= 4 is 0 Å². The normalized spacial score (nSPS) is 27.4. The van der Waals surface area contributed by atoms with Crippen LogP contribution in [0.2, 0.25) is 0 Å². The lowest BCUT2D eigenvalue weighted by Crippen LogP contribution is -2.43. The molecule has 0 aromatic carbocycles. The van der Waals surface area contributed by atoms with Gasteiger partial charge < -0.3 is 0 Å². The largest absolute Gasteiger partial charge is 0.248 e. The molecule has 3 aliphatic rings. The van der Waals surface area contributed by atoms with Gasteiger partial charge in [-0.15, -0.1) is 0 Å². The van der Waals surface area contributed by atoms with E-state index in [4.69, 9.17) is 0 Å². The van der Waals surface area contributed by atoms with E-state index in [9.17, 15) is 8.78 Å². The van der Waals surface area contributed by atoms with Gasteiger partial charge >= 0.3 is 0 Å². The molecule has 0 radical (unpaired) electrons. The number of hydrogen-bond donors (Lipinski definition) is 0. The molecule has 2 heteroatoms. The quantitative estimate of drug-likeness (QED) is 0.300. The molecule has 0 nitrogen and oxygen atoms in total. The van der Waals surface area contributed by atoms with Crippen molar-refractivity contribution in [1.82, 2.24) is 0 Å². The van der Waals surface area contributed by atoms with Gasteiger partial charge in [0.1, 0.15) is 0 Å². The van der Waals surface area contributed by atoms with Crippen molar-refractivity contribution in [3.8, 4) is 0 Å². The van der Waals surface area contributed by atoms with Crippen molar-refractivity contribution < 1.29 is 8.78 Å². The first-order valence-corrected chi connectivity index (χ1v) is 14.5. The van der Waals surface area contributed by atoms with E-state index in [1.807, 2.05) is 0 Å². The van der Waals surface area contributed by atoms with Crippen molar-refractivity contribution in [2.24, 2.45) is 45.3 Å². The molecule has 0 spiro atoms. The Morgan fingerprint density at radius 1 is 0.636 bits per heavy atom. The summed E-state index contributed by atoms with van der Waals surface area (Å²) in [6, 6.07) is 0. The summed E-state index contributed by atoms with van der Waals surface area (Å²) in [4.78, 5) is 0. The topological polar surface area (TPSA) is 0 Å². The first kappa shape index (κ1) is 27.4. The molecule has 2 atom stereocenters. The standard InChI is InChI=1S/C31H56F2/c1-23(2)27(3,4)20-29(7,26-14-15-26)22-30(8,25-12-10-9-11-13-25)21-28(5,6)24-16-18-31(32,33)19-17-24/h23-26H,9-22H2,1-8H3. The Morgan fingerprint density at radius 2 is 1.12 bits per heavy atom. The summed E-state index contributed by atoms with van der Waals surface area (Å²) in [6.07, 6.45) is 15.2. The lowest BCUT2D eigenvalue weighted by molar-refractivity contribution is -0.0741. The van der Waals surface area contributed by atoms with Crippen LogP contribution in [0.1, 0.15) is 145 Å². The van der Waals surface area contributed by atoms with Gasteiger partial charge in [0.2, 0.25) is 5.92 Å². The van der Waals surface area contributed by atoms with E-state index >= 15 is 0 Å². The molecule has 3 saturated carbocycles. The van der Waals surface area contributed by atoms with Crippen molar-refractivity contribution in [2.45, 2.75) is 151 Å². The molecule has 33 heavy (non-hydrogen) atoms. The number of rotatable bonds is 10. The number of hydrogen-bond acceptors (Lipinski definition) is 0. The molecule has 0 aromatic heterocycles. The Balaban J connectivity index is 1.85. The van der Waals surface area contributed by atoms with Crippen LogP contribution >= 0.6 is 0 Å². The number of halogens is 2.